The minimum Gasteiger partial charge on any atom is -0.490 e. The predicted molar refractivity (Wildman–Crippen MR) is 134 cm³/mol. The SMILES string of the molecule is CCOc1cc(/C=C2\C(=O)Nc3cc(C(F)(F)F)ccc32)ccc1OCc1ccc2ccccc2c1. The molecule has 182 valence electrons. The van der Waals surface area contributed by atoms with E-state index in [1.807, 2.05) is 31.2 Å². The molecular weight excluding hydrogens is 467 g/mol. The smallest absolute Gasteiger partial charge is 0.416 e. The van der Waals surface area contributed by atoms with E-state index in [0.29, 0.717) is 35.8 Å². The highest BCUT2D eigenvalue weighted by atomic mass is 19.4. The van der Waals surface area contributed by atoms with E-state index in [1.54, 1.807) is 24.3 Å². The van der Waals surface area contributed by atoms with Crippen molar-refractivity contribution in [1.29, 1.82) is 0 Å². The number of carbonyl (C=O) groups excluding carboxylic acids is 1. The van der Waals surface area contributed by atoms with Gasteiger partial charge in [0.05, 0.1) is 12.2 Å². The highest BCUT2D eigenvalue weighted by Crippen LogP contribution is 2.39. The highest BCUT2D eigenvalue weighted by Gasteiger charge is 2.33. The molecular formula is C29H22F3NO3. The summed E-state index contributed by atoms with van der Waals surface area (Å²) in [6, 6.07) is 22.8. The number of ether oxygens (including phenoxy) is 2. The lowest BCUT2D eigenvalue weighted by Crippen LogP contribution is -2.06. The van der Waals surface area contributed by atoms with Crippen LogP contribution in [0.15, 0.2) is 78.9 Å². The summed E-state index contributed by atoms with van der Waals surface area (Å²) < 4.78 is 50.9. The van der Waals surface area contributed by atoms with Crippen LogP contribution in [0.5, 0.6) is 11.5 Å². The van der Waals surface area contributed by atoms with Gasteiger partial charge in [-0.3, -0.25) is 4.79 Å². The molecule has 4 aromatic rings. The first kappa shape index (κ1) is 23.5. The average Bonchev–Trinajstić information content (AvgIpc) is 3.17. The molecule has 0 unspecified atom stereocenters. The molecule has 1 aliphatic rings. The fraction of sp³-hybridized carbons (Fsp3) is 0.138. The van der Waals surface area contributed by atoms with E-state index in [-0.39, 0.29) is 11.3 Å². The van der Waals surface area contributed by atoms with Crippen LogP contribution >= 0.6 is 0 Å². The van der Waals surface area contributed by atoms with Crippen LogP contribution in [-0.2, 0) is 17.6 Å². The molecule has 1 aliphatic heterocycles. The number of benzene rings is 4. The fourth-order valence-corrected chi connectivity index (χ4v) is 4.17. The van der Waals surface area contributed by atoms with Gasteiger partial charge in [-0.25, -0.2) is 0 Å². The zero-order valence-corrected chi connectivity index (χ0v) is 19.4. The van der Waals surface area contributed by atoms with E-state index in [4.69, 9.17) is 9.47 Å². The van der Waals surface area contributed by atoms with Crippen molar-refractivity contribution in [3.05, 3.63) is 101 Å². The maximum Gasteiger partial charge on any atom is 0.416 e. The number of nitrogens with one attached hydrogen (secondary N) is 1. The van der Waals surface area contributed by atoms with Gasteiger partial charge in [0.15, 0.2) is 11.5 Å². The second kappa shape index (κ2) is 9.41. The molecule has 0 radical (unpaired) electrons. The van der Waals surface area contributed by atoms with E-state index in [9.17, 15) is 18.0 Å². The molecule has 7 heteroatoms. The molecule has 0 bridgehead atoms. The van der Waals surface area contributed by atoms with Gasteiger partial charge in [0.25, 0.3) is 5.91 Å². The molecule has 1 heterocycles. The number of carbonyl (C=O) groups is 1. The van der Waals surface area contributed by atoms with Gasteiger partial charge in [0.2, 0.25) is 0 Å². The van der Waals surface area contributed by atoms with Crippen LogP contribution in [0.3, 0.4) is 0 Å². The fourth-order valence-electron chi connectivity index (χ4n) is 4.17. The molecule has 1 amide bonds. The Morgan fingerprint density at radius 3 is 2.44 bits per heavy atom. The number of halogens is 3. The molecule has 0 saturated carbocycles. The summed E-state index contributed by atoms with van der Waals surface area (Å²) in [5.41, 5.74) is 1.71. The Kier molecular flexibility index (Phi) is 6.14. The first-order chi connectivity index (χ1) is 17.3. The third-order valence-corrected chi connectivity index (χ3v) is 5.92. The number of anilines is 1. The molecule has 36 heavy (non-hydrogen) atoms. The van der Waals surface area contributed by atoms with Gasteiger partial charge in [-0.2, -0.15) is 13.2 Å². The van der Waals surface area contributed by atoms with Crippen molar-refractivity contribution in [2.75, 3.05) is 11.9 Å². The standard InChI is InChI=1S/C29H22F3NO3/c1-2-35-27-15-18(14-24-23-11-10-22(29(30,31)32)16-25(23)33-28(24)34)8-12-26(27)36-17-19-7-9-20-5-3-4-6-21(20)13-19/h3-16H,2,17H2,1H3,(H,33,34)/b24-14-. The Balaban J connectivity index is 1.40. The van der Waals surface area contributed by atoms with Gasteiger partial charge in [-0.05, 0) is 65.2 Å². The number of rotatable bonds is 6. The minimum absolute atomic E-state index is 0.140. The highest BCUT2D eigenvalue weighted by molar-refractivity contribution is 6.35. The first-order valence-corrected chi connectivity index (χ1v) is 11.4. The second-order valence-electron chi connectivity index (χ2n) is 8.38. The van der Waals surface area contributed by atoms with Crippen molar-refractivity contribution in [2.24, 2.45) is 0 Å². The van der Waals surface area contributed by atoms with Crippen LogP contribution in [0.25, 0.3) is 22.4 Å². The van der Waals surface area contributed by atoms with Crippen LogP contribution in [0.4, 0.5) is 18.9 Å². The Labute approximate surface area is 206 Å². The molecule has 0 fully saturated rings. The topological polar surface area (TPSA) is 47.6 Å². The van der Waals surface area contributed by atoms with Crippen LogP contribution in [0.2, 0.25) is 0 Å². The van der Waals surface area contributed by atoms with Crippen LogP contribution < -0.4 is 14.8 Å². The van der Waals surface area contributed by atoms with Crippen LogP contribution in [-0.4, -0.2) is 12.5 Å². The number of hydrogen-bond acceptors (Lipinski definition) is 3. The lowest BCUT2D eigenvalue weighted by Gasteiger charge is -2.13. The van der Waals surface area contributed by atoms with Crippen molar-refractivity contribution in [3.8, 4) is 11.5 Å². The molecule has 4 nitrogen and oxygen atoms in total. The van der Waals surface area contributed by atoms with E-state index < -0.39 is 17.6 Å². The van der Waals surface area contributed by atoms with Gasteiger partial charge in [0, 0.05) is 16.8 Å². The van der Waals surface area contributed by atoms with Crippen molar-refractivity contribution >= 4 is 34.0 Å². The molecule has 0 spiro atoms. The zero-order chi connectivity index (χ0) is 25.3. The van der Waals surface area contributed by atoms with E-state index >= 15 is 0 Å². The summed E-state index contributed by atoms with van der Waals surface area (Å²) in [5.74, 6) is 0.607. The lowest BCUT2D eigenvalue weighted by atomic mass is 10.0. The summed E-state index contributed by atoms with van der Waals surface area (Å²) in [6.07, 6.45) is -2.86. The maximum absolute atomic E-state index is 13.0. The van der Waals surface area contributed by atoms with E-state index in [0.717, 1.165) is 28.5 Å². The van der Waals surface area contributed by atoms with Crippen molar-refractivity contribution in [1.82, 2.24) is 0 Å². The van der Waals surface area contributed by atoms with E-state index in [1.165, 1.54) is 6.07 Å². The van der Waals surface area contributed by atoms with Gasteiger partial charge in [-0.1, -0.05) is 48.5 Å². The van der Waals surface area contributed by atoms with Crippen molar-refractivity contribution in [2.45, 2.75) is 19.7 Å². The maximum atomic E-state index is 13.0. The van der Waals surface area contributed by atoms with Crippen molar-refractivity contribution in [3.63, 3.8) is 0 Å². The van der Waals surface area contributed by atoms with E-state index in [2.05, 4.69) is 23.5 Å². The van der Waals surface area contributed by atoms with Gasteiger partial charge in [-0.15, -0.1) is 0 Å². The number of fused-ring (bicyclic) bond motifs is 2. The summed E-state index contributed by atoms with van der Waals surface area (Å²) >= 11 is 0. The van der Waals surface area contributed by atoms with Crippen molar-refractivity contribution < 1.29 is 27.4 Å². The number of hydrogen-bond donors (Lipinski definition) is 1. The second-order valence-corrected chi connectivity index (χ2v) is 8.38. The summed E-state index contributed by atoms with van der Waals surface area (Å²) in [6.45, 7) is 2.62. The molecule has 0 aliphatic carbocycles. The molecule has 0 saturated heterocycles. The summed E-state index contributed by atoms with van der Waals surface area (Å²) in [5, 5.41) is 4.80. The largest absolute Gasteiger partial charge is 0.490 e. The Morgan fingerprint density at radius 2 is 1.67 bits per heavy atom. The monoisotopic (exact) mass is 489 g/mol. The Hall–Kier alpha value is -4.26. The predicted octanol–water partition coefficient (Wildman–Crippen LogP) is 7.33. The third kappa shape index (κ3) is 4.77. The van der Waals surface area contributed by atoms with Gasteiger partial charge >= 0.3 is 6.18 Å². The number of amides is 1. The molecule has 4 aromatic carbocycles. The molecule has 0 atom stereocenters. The summed E-state index contributed by atoms with van der Waals surface area (Å²) in [7, 11) is 0. The number of alkyl halides is 3. The summed E-state index contributed by atoms with van der Waals surface area (Å²) in [4.78, 5) is 12.5. The molecule has 1 N–H and O–H groups in total. The quantitative estimate of drug-likeness (QED) is 0.289. The lowest BCUT2D eigenvalue weighted by molar-refractivity contribution is -0.137. The molecule has 5 rings (SSSR count). The minimum atomic E-state index is -4.48. The normalized spacial score (nSPS) is 14.1. The van der Waals surface area contributed by atoms with Gasteiger partial charge in [0.1, 0.15) is 6.61 Å². The van der Waals surface area contributed by atoms with Gasteiger partial charge < -0.3 is 14.8 Å². The first-order valence-electron chi connectivity index (χ1n) is 11.4. The van der Waals surface area contributed by atoms with Crippen LogP contribution in [0.1, 0.15) is 29.2 Å². The third-order valence-electron chi connectivity index (χ3n) is 5.92. The zero-order valence-electron chi connectivity index (χ0n) is 19.4. The average molecular weight is 489 g/mol. The Bertz CT molecular complexity index is 1490. The molecule has 0 aromatic heterocycles. The van der Waals surface area contributed by atoms with Crippen LogP contribution in [0, 0.1) is 0 Å². The Morgan fingerprint density at radius 1 is 0.861 bits per heavy atom.